The van der Waals surface area contributed by atoms with Gasteiger partial charge < -0.3 is 30.4 Å². The predicted octanol–water partition coefficient (Wildman–Crippen LogP) is 5.93. The molecule has 1 saturated carbocycles. The Hall–Kier alpha value is -5.44. The van der Waals surface area contributed by atoms with Crippen LogP contribution in [0, 0.1) is 23.5 Å². The molecule has 4 atom stereocenters. The summed E-state index contributed by atoms with van der Waals surface area (Å²) < 4.78 is 26.5. The molecular formula is C41H51F2N7O6. The first-order valence-electron chi connectivity index (χ1n) is 19.0. The lowest BCUT2D eigenvalue weighted by Gasteiger charge is -2.45. The van der Waals surface area contributed by atoms with Gasteiger partial charge in [-0.15, -0.1) is 0 Å². The van der Waals surface area contributed by atoms with Gasteiger partial charge >= 0.3 is 17.9 Å². The summed E-state index contributed by atoms with van der Waals surface area (Å²) in [6.45, 7) is 13.0. The molecule has 0 radical (unpaired) electrons. The summed E-state index contributed by atoms with van der Waals surface area (Å²) in [7, 11) is 0. The number of rotatable bonds is 7. The van der Waals surface area contributed by atoms with Gasteiger partial charge in [-0.1, -0.05) is 52.0 Å². The van der Waals surface area contributed by atoms with Crippen LogP contribution < -0.4 is 16.0 Å². The van der Waals surface area contributed by atoms with Crippen LogP contribution in [0.15, 0.2) is 60.8 Å². The summed E-state index contributed by atoms with van der Waals surface area (Å²) in [5, 5.41) is 17.3. The number of carbonyl (C=O) groups is 5. The van der Waals surface area contributed by atoms with Crippen molar-refractivity contribution in [1.82, 2.24) is 25.0 Å². The standard InChI is InChI=1S/C26H30FN5O5.C15H21FN2O/c1-14(2)24(34)31-13-21(17-6-8-18(27)9-7-17)32(12-15(31)3)25(35)23(33)29-19-10-20(16-4-5-16)22(28-11-19)30-26(36)37;1-10(2)15(19)18-9-14(17-8-11(18)3)12-4-6-13(16)7-5-12/h6-11,14-16,21H,4-5,12-13H2,1-3H3,(H,28,30)(H,29,33)(H,36,37);4-7,10-11,14,17H,8-9H2,1-3H3/t15-,21-;11-,14-/m11/s1. The number of hydrogen-bond acceptors (Lipinski definition) is 7. The summed E-state index contributed by atoms with van der Waals surface area (Å²) in [5.41, 5.74) is 2.56. The van der Waals surface area contributed by atoms with Gasteiger partial charge in [0.15, 0.2) is 0 Å². The number of anilines is 2. The number of nitrogens with zero attached hydrogens (tertiary/aromatic N) is 4. The van der Waals surface area contributed by atoms with E-state index in [0.29, 0.717) is 17.7 Å². The minimum atomic E-state index is -1.24. The van der Waals surface area contributed by atoms with Crippen LogP contribution in [0.2, 0.25) is 0 Å². The highest BCUT2D eigenvalue weighted by atomic mass is 19.1. The molecule has 3 heterocycles. The largest absolute Gasteiger partial charge is 0.465 e. The number of carboxylic acid groups (broad SMARTS) is 1. The van der Waals surface area contributed by atoms with E-state index in [-0.39, 0.29) is 78.1 Å². The van der Waals surface area contributed by atoms with Gasteiger partial charge in [0.2, 0.25) is 11.8 Å². The highest BCUT2D eigenvalue weighted by Crippen LogP contribution is 2.43. The van der Waals surface area contributed by atoms with Crippen LogP contribution in [-0.2, 0) is 19.2 Å². The molecule has 4 N–H and O–H groups in total. The Balaban J connectivity index is 0.000000265. The van der Waals surface area contributed by atoms with Crippen LogP contribution in [0.25, 0.3) is 0 Å². The van der Waals surface area contributed by atoms with E-state index in [1.165, 1.54) is 35.4 Å². The number of piperazine rings is 2. The van der Waals surface area contributed by atoms with E-state index in [1.807, 2.05) is 32.6 Å². The quantitative estimate of drug-likeness (QED) is 0.215. The van der Waals surface area contributed by atoms with Gasteiger partial charge in [-0.05, 0) is 74.1 Å². The average Bonchev–Trinajstić information content (AvgIpc) is 4.01. The number of benzene rings is 2. The smallest absolute Gasteiger partial charge is 0.410 e. The fourth-order valence-corrected chi connectivity index (χ4v) is 7.01. The van der Waals surface area contributed by atoms with Crippen molar-refractivity contribution in [3.63, 3.8) is 0 Å². The molecule has 300 valence electrons. The van der Waals surface area contributed by atoms with Gasteiger partial charge in [0.05, 0.1) is 17.9 Å². The molecule has 5 amide bonds. The monoisotopic (exact) mass is 775 g/mol. The highest BCUT2D eigenvalue weighted by molar-refractivity contribution is 6.39. The second kappa shape index (κ2) is 18.0. The third-order valence-electron chi connectivity index (χ3n) is 10.3. The van der Waals surface area contributed by atoms with Crippen molar-refractivity contribution < 1.29 is 37.9 Å². The molecule has 3 fully saturated rings. The SMILES string of the molecule is CC(C)C(=O)N1C[C@H](c2ccc(F)cc2)N(C(=O)C(=O)Nc2cnc(NC(=O)O)c(C3CC3)c2)C[C@H]1C.CC(C)C(=O)N1C[C@H](c2ccc(F)cc2)NC[C@H]1C. The molecule has 15 heteroatoms. The molecule has 1 aromatic heterocycles. The maximum atomic E-state index is 13.6. The van der Waals surface area contributed by atoms with Gasteiger partial charge in [-0.25, -0.2) is 18.6 Å². The summed E-state index contributed by atoms with van der Waals surface area (Å²) in [5.74, 6) is -2.12. The van der Waals surface area contributed by atoms with E-state index in [9.17, 15) is 32.8 Å². The summed E-state index contributed by atoms with van der Waals surface area (Å²) in [6, 6.07) is 13.1. The van der Waals surface area contributed by atoms with Crippen molar-refractivity contribution in [3.05, 3.63) is 89.1 Å². The molecule has 0 unspecified atom stereocenters. The lowest BCUT2D eigenvalue weighted by Crippen LogP contribution is -2.59. The molecule has 1 aliphatic carbocycles. The number of aromatic nitrogens is 1. The lowest BCUT2D eigenvalue weighted by atomic mass is 9.98. The molecule has 0 spiro atoms. The van der Waals surface area contributed by atoms with Gasteiger partial charge in [-0.2, -0.15) is 0 Å². The molecule has 6 rings (SSSR count). The Morgan fingerprint density at radius 2 is 1.32 bits per heavy atom. The lowest BCUT2D eigenvalue weighted by molar-refractivity contribution is -0.152. The van der Waals surface area contributed by atoms with E-state index in [0.717, 1.165) is 24.9 Å². The second-order valence-corrected chi connectivity index (χ2v) is 15.3. The van der Waals surface area contributed by atoms with E-state index >= 15 is 0 Å². The third-order valence-corrected chi connectivity index (χ3v) is 10.3. The predicted molar refractivity (Wildman–Crippen MR) is 207 cm³/mol. The topological polar surface area (TPSA) is 164 Å². The third kappa shape index (κ3) is 10.2. The minimum absolute atomic E-state index is 0.00872. The molecule has 0 bridgehead atoms. The van der Waals surface area contributed by atoms with E-state index in [2.05, 4.69) is 20.9 Å². The van der Waals surface area contributed by atoms with Crippen molar-refractivity contribution in [1.29, 1.82) is 0 Å². The number of carbonyl (C=O) groups excluding carboxylic acids is 4. The molecule has 13 nitrogen and oxygen atoms in total. The molecule has 2 aliphatic heterocycles. The number of hydrogen-bond donors (Lipinski definition) is 4. The number of pyridine rings is 1. The van der Waals surface area contributed by atoms with Crippen molar-refractivity contribution in [2.24, 2.45) is 11.8 Å². The van der Waals surface area contributed by atoms with E-state index in [1.54, 1.807) is 49.1 Å². The second-order valence-electron chi connectivity index (χ2n) is 15.3. The van der Waals surface area contributed by atoms with Gasteiger partial charge in [-0.3, -0.25) is 24.5 Å². The normalized spacial score (nSPS) is 20.9. The average molecular weight is 776 g/mol. The zero-order chi connectivity index (χ0) is 40.8. The van der Waals surface area contributed by atoms with Gasteiger partial charge in [0.25, 0.3) is 0 Å². The maximum Gasteiger partial charge on any atom is 0.410 e. The molecule has 2 aromatic carbocycles. The molecule has 3 aliphatic rings. The number of halogens is 2. The van der Waals surface area contributed by atoms with Crippen molar-refractivity contribution in [2.75, 3.05) is 36.8 Å². The van der Waals surface area contributed by atoms with Crippen molar-refractivity contribution in [2.45, 2.75) is 84.5 Å². The molecule has 3 aromatic rings. The fraction of sp³-hybridized carbons (Fsp3) is 0.463. The first kappa shape index (κ1) is 41.7. The van der Waals surface area contributed by atoms with E-state index < -0.39 is 29.8 Å². The summed E-state index contributed by atoms with van der Waals surface area (Å²) in [4.78, 5) is 71.6. The van der Waals surface area contributed by atoms with Crippen LogP contribution in [0.5, 0.6) is 0 Å². The van der Waals surface area contributed by atoms with Gasteiger partial charge in [0.1, 0.15) is 17.5 Å². The first-order valence-corrected chi connectivity index (χ1v) is 19.0. The van der Waals surface area contributed by atoms with Crippen molar-refractivity contribution >= 4 is 41.2 Å². The van der Waals surface area contributed by atoms with Crippen LogP contribution in [0.1, 0.15) is 89.1 Å². The van der Waals surface area contributed by atoms with Crippen LogP contribution in [0.4, 0.5) is 25.1 Å². The zero-order valence-electron chi connectivity index (χ0n) is 32.6. The van der Waals surface area contributed by atoms with Crippen molar-refractivity contribution in [3.8, 4) is 0 Å². The Morgan fingerprint density at radius 3 is 1.86 bits per heavy atom. The maximum absolute atomic E-state index is 13.6. The minimum Gasteiger partial charge on any atom is -0.465 e. The molecule has 2 saturated heterocycles. The van der Waals surface area contributed by atoms with Crippen LogP contribution >= 0.6 is 0 Å². The fourth-order valence-electron chi connectivity index (χ4n) is 7.01. The Morgan fingerprint density at radius 1 is 0.768 bits per heavy atom. The molecule has 56 heavy (non-hydrogen) atoms. The van der Waals surface area contributed by atoms with E-state index in [4.69, 9.17) is 5.11 Å². The Labute approximate surface area is 325 Å². The molecular weight excluding hydrogens is 724 g/mol. The number of nitrogens with one attached hydrogen (secondary N) is 3. The zero-order valence-corrected chi connectivity index (χ0v) is 32.6. The van der Waals surface area contributed by atoms with Gasteiger partial charge in [0, 0.05) is 61.7 Å². The Kier molecular flexibility index (Phi) is 13.4. The number of amides is 5. The summed E-state index contributed by atoms with van der Waals surface area (Å²) >= 11 is 0. The highest BCUT2D eigenvalue weighted by Gasteiger charge is 2.40. The van der Waals surface area contributed by atoms with Crippen LogP contribution in [0.3, 0.4) is 0 Å². The van der Waals surface area contributed by atoms with Crippen LogP contribution in [-0.4, -0.2) is 92.8 Å². The Bertz CT molecular complexity index is 1900. The first-order chi connectivity index (χ1) is 26.5. The summed E-state index contributed by atoms with van der Waals surface area (Å²) in [6.07, 6.45) is 1.81.